The standard InChI is InChI=1S/C18H23N3OS/c1-4-23-17-11-6-5-10-16(17)20-18(22)19-13-14-8-7-9-15(12-14)21(2)3/h5-12H,4,13H2,1-3H3,(H2,19,20,22). The van der Waals surface area contributed by atoms with Crippen molar-refractivity contribution in [1.82, 2.24) is 5.32 Å². The Labute approximate surface area is 142 Å². The van der Waals surface area contributed by atoms with Gasteiger partial charge in [0.15, 0.2) is 0 Å². The fourth-order valence-corrected chi connectivity index (χ4v) is 2.91. The van der Waals surface area contributed by atoms with Crippen LogP contribution in [-0.4, -0.2) is 25.9 Å². The highest BCUT2D eigenvalue weighted by molar-refractivity contribution is 7.99. The number of nitrogens with one attached hydrogen (secondary N) is 2. The number of urea groups is 1. The van der Waals surface area contributed by atoms with Crippen LogP contribution in [-0.2, 0) is 6.54 Å². The third-order valence-electron chi connectivity index (χ3n) is 3.32. The molecule has 0 saturated carbocycles. The summed E-state index contributed by atoms with van der Waals surface area (Å²) in [6, 6.07) is 15.8. The van der Waals surface area contributed by atoms with Gasteiger partial charge in [0.1, 0.15) is 0 Å². The van der Waals surface area contributed by atoms with Crippen LogP contribution in [0.3, 0.4) is 0 Å². The van der Waals surface area contributed by atoms with Crippen molar-refractivity contribution in [1.29, 1.82) is 0 Å². The quantitative estimate of drug-likeness (QED) is 0.781. The minimum atomic E-state index is -0.190. The lowest BCUT2D eigenvalue weighted by Crippen LogP contribution is -2.28. The first kappa shape index (κ1) is 17.2. The van der Waals surface area contributed by atoms with E-state index in [-0.39, 0.29) is 6.03 Å². The first-order valence-corrected chi connectivity index (χ1v) is 8.61. The number of amides is 2. The zero-order valence-corrected chi connectivity index (χ0v) is 14.6. The molecule has 0 saturated heterocycles. The summed E-state index contributed by atoms with van der Waals surface area (Å²) in [7, 11) is 4.00. The number of anilines is 2. The van der Waals surface area contributed by atoms with E-state index >= 15 is 0 Å². The summed E-state index contributed by atoms with van der Waals surface area (Å²) >= 11 is 1.72. The molecule has 4 nitrogen and oxygen atoms in total. The van der Waals surface area contributed by atoms with Crippen molar-refractivity contribution in [2.24, 2.45) is 0 Å². The van der Waals surface area contributed by atoms with Gasteiger partial charge in [-0.3, -0.25) is 0 Å². The van der Waals surface area contributed by atoms with E-state index in [0.717, 1.165) is 27.6 Å². The van der Waals surface area contributed by atoms with Crippen molar-refractivity contribution < 1.29 is 4.79 Å². The number of rotatable bonds is 6. The maximum absolute atomic E-state index is 12.1. The lowest BCUT2D eigenvalue weighted by Gasteiger charge is -2.14. The number of benzene rings is 2. The molecule has 2 aromatic carbocycles. The summed E-state index contributed by atoms with van der Waals surface area (Å²) in [5.74, 6) is 0.970. The molecule has 0 aliphatic carbocycles. The van der Waals surface area contributed by atoms with Crippen molar-refractivity contribution in [3.63, 3.8) is 0 Å². The first-order chi connectivity index (χ1) is 11.1. The number of carbonyl (C=O) groups is 1. The number of hydrogen-bond acceptors (Lipinski definition) is 3. The summed E-state index contributed by atoms with van der Waals surface area (Å²) in [6.07, 6.45) is 0. The molecule has 2 aromatic rings. The third-order valence-corrected chi connectivity index (χ3v) is 4.27. The second-order valence-electron chi connectivity index (χ2n) is 5.30. The topological polar surface area (TPSA) is 44.4 Å². The van der Waals surface area contributed by atoms with E-state index in [0.29, 0.717) is 6.54 Å². The summed E-state index contributed by atoms with van der Waals surface area (Å²) < 4.78 is 0. The number of nitrogens with zero attached hydrogens (tertiary/aromatic N) is 1. The Kier molecular flexibility index (Phi) is 6.35. The molecule has 5 heteroatoms. The molecule has 0 spiro atoms. The molecule has 0 bridgehead atoms. The molecule has 23 heavy (non-hydrogen) atoms. The van der Waals surface area contributed by atoms with Crippen LogP contribution in [0.2, 0.25) is 0 Å². The molecule has 0 aromatic heterocycles. The van der Waals surface area contributed by atoms with Crippen LogP contribution in [0, 0.1) is 0 Å². The van der Waals surface area contributed by atoms with Gasteiger partial charge in [0, 0.05) is 31.2 Å². The minimum Gasteiger partial charge on any atom is -0.378 e. The Morgan fingerprint density at radius 2 is 1.91 bits per heavy atom. The molecule has 2 rings (SSSR count). The predicted molar refractivity (Wildman–Crippen MR) is 99.5 cm³/mol. The Bertz CT molecular complexity index is 658. The van der Waals surface area contributed by atoms with E-state index in [4.69, 9.17) is 0 Å². The van der Waals surface area contributed by atoms with Gasteiger partial charge in [-0.25, -0.2) is 4.79 Å². The SMILES string of the molecule is CCSc1ccccc1NC(=O)NCc1cccc(N(C)C)c1. The van der Waals surface area contributed by atoms with Gasteiger partial charge in [-0.05, 0) is 35.6 Å². The molecular weight excluding hydrogens is 306 g/mol. The van der Waals surface area contributed by atoms with E-state index in [1.54, 1.807) is 11.8 Å². The van der Waals surface area contributed by atoms with E-state index in [9.17, 15) is 4.79 Å². The van der Waals surface area contributed by atoms with Gasteiger partial charge in [-0.1, -0.05) is 31.2 Å². The van der Waals surface area contributed by atoms with E-state index in [1.807, 2.05) is 61.5 Å². The van der Waals surface area contributed by atoms with E-state index in [1.165, 1.54) is 0 Å². The lowest BCUT2D eigenvalue weighted by molar-refractivity contribution is 0.251. The highest BCUT2D eigenvalue weighted by atomic mass is 32.2. The molecule has 0 unspecified atom stereocenters. The molecule has 0 aliphatic heterocycles. The largest absolute Gasteiger partial charge is 0.378 e. The van der Waals surface area contributed by atoms with Crippen LogP contribution in [0.15, 0.2) is 53.4 Å². The smallest absolute Gasteiger partial charge is 0.319 e. The fourth-order valence-electron chi connectivity index (χ4n) is 2.14. The molecule has 0 atom stereocenters. The van der Waals surface area contributed by atoms with Gasteiger partial charge in [0.25, 0.3) is 0 Å². The van der Waals surface area contributed by atoms with Gasteiger partial charge >= 0.3 is 6.03 Å². The number of hydrogen-bond donors (Lipinski definition) is 2. The van der Waals surface area contributed by atoms with Crippen molar-refractivity contribution >= 4 is 29.2 Å². The van der Waals surface area contributed by atoms with E-state index in [2.05, 4.69) is 23.6 Å². The number of thioether (sulfide) groups is 1. The van der Waals surface area contributed by atoms with Crippen LogP contribution in [0.1, 0.15) is 12.5 Å². The third kappa shape index (κ3) is 5.21. The second kappa shape index (κ2) is 8.48. The van der Waals surface area contributed by atoms with Crippen LogP contribution < -0.4 is 15.5 Å². The average Bonchev–Trinajstić information content (AvgIpc) is 2.55. The van der Waals surface area contributed by atoms with E-state index < -0.39 is 0 Å². The Morgan fingerprint density at radius 3 is 2.65 bits per heavy atom. The maximum Gasteiger partial charge on any atom is 0.319 e. The molecule has 2 N–H and O–H groups in total. The highest BCUT2D eigenvalue weighted by Crippen LogP contribution is 2.26. The number of para-hydroxylation sites is 1. The van der Waals surface area contributed by atoms with Crippen molar-refractivity contribution in [2.75, 3.05) is 30.1 Å². The first-order valence-electron chi connectivity index (χ1n) is 7.63. The lowest BCUT2D eigenvalue weighted by atomic mass is 10.2. The van der Waals surface area contributed by atoms with Gasteiger partial charge in [0.2, 0.25) is 0 Å². The molecule has 0 fully saturated rings. The minimum absolute atomic E-state index is 0.190. The normalized spacial score (nSPS) is 10.2. The molecule has 0 radical (unpaired) electrons. The summed E-state index contributed by atoms with van der Waals surface area (Å²) in [5.41, 5.74) is 3.04. The summed E-state index contributed by atoms with van der Waals surface area (Å²) in [4.78, 5) is 15.2. The molecule has 0 aliphatic rings. The molecular formula is C18H23N3OS. The molecule has 2 amide bonds. The van der Waals surface area contributed by atoms with Crippen molar-refractivity contribution in [3.8, 4) is 0 Å². The Hall–Kier alpha value is -2.14. The van der Waals surface area contributed by atoms with Gasteiger partial charge in [-0.15, -0.1) is 11.8 Å². The van der Waals surface area contributed by atoms with Gasteiger partial charge < -0.3 is 15.5 Å². The van der Waals surface area contributed by atoms with Gasteiger partial charge in [-0.2, -0.15) is 0 Å². The maximum atomic E-state index is 12.1. The van der Waals surface area contributed by atoms with Crippen LogP contribution >= 0.6 is 11.8 Å². The summed E-state index contributed by atoms with van der Waals surface area (Å²) in [5, 5.41) is 5.83. The van der Waals surface area contributed by atoms with Gasteiger partial charge in [0.05, 0.1) is 5.69 Å². The second-order valence-corrected chi connectivity index (χ2v) is 6.61. The zero-order chi connectivity index (χ0) is 16.7. The van der Waals surface area contributed by atoms with Crippen LogP contribution in [0.5, 0.6) is 0 Å². The fraction of sp³-hybridized carbons (Fsp3) is 0.278. The molecule has 122 valence electrons. The summed E-state index contributed by atoms with van der Waals surface area (Å²) in [6.45, 7) is 2.59. The number of carbonyl (C=O) groups excluding carboxylic acids is 1. The zero-order valence-electron chi connectivity index (χ0n) is 13.8. The Morgan fingerprint density at radius 1 is 1.13 bits per heavy atom. The van der Waals surface area contributed by atoms with Crippen LogP contribution in [0.25, 0.3) is 0 Å². The predicted octanol–water partition coefficient (Wildman–Crippen LogP) is 4.19. The van der Waals surface area contributed by atoms with Crippen molar-refractivity contribution in [2.45, 2.75) is 18.4 Å². The Balaban J connectivity index is 1.94. The van der Waals surface area contributed by atoms with Crippen molar-refractivity contribution in [3.05, 3.63) is 54.1 Å². The highest BCUT2D eigenvalue weighted by Gasteiger charge is 2.06. The van der Waals surface area contributed by atoms with Crippen LogP contribution in [0.4, 0.5) is 16.2 Å². The molecule has 0 heterocycles. The monoisotopic (exact) mass is 329 g/mol. The average molecular weight is 329 g/mol.